The summed E-state index contributed by atoms with van der Waals surface area (Å²) in [6.07, 6.45) is 1.94. The van der Waals surface area contributed by atoms with Gasteiger partial charge in [-0.2, -0.15) is 0 Å². The predicted octanol–water partition coefficient (Wildman–Crippen LogP) is 4.32. The zero-order valence-electron chi connectivity index (χ0n) is 10.5. The third-order valence-electron chi connectivity index (χ3n) is 2.79. The van der Waals surface area contributed by atoms with Gasteiger partial charge in [0.25, 0.3) is 0 Å². The van der Waals surface area contributed by atoms with E-state index in [0.717, 1.165) is 11.4 Å². The fourth-order valence-electron chi connectivity index (χ4n) is 1.87. The SMILES string of the molecule is COc1ccc(-n2c(C(C)C)c[nH]c2=S)cc1Cl. The van der Waals surface area contributed by atoms with Gasteiger partial charge in [-0.3, -0.25) is 4.57 Å². The van der Waals surface area contributed by atoms with Gasteiger partial charge in [-0.25, -0.2) is 0 Å². The van der Waals surface area contributed by atoms with Crippen LogP contribution in [0.25, 0.3) is 5.69 Å². The molecule has 0 atom stereocenters. The molecular formula is C13H15ClN2OS. The number of rotatable bonds is 3. The number of aromatic nitrogens is 2. The van der Waals surface area contributed by atoms with Crippen molar-refractivity contribution < 1.29 is 4.74 Å². The van der Waals surface area contributed by atoms with Crippen molar-refractivity contribution in [2.45, 2.75) is 19.8 Å². The molecule has 1 N–H and O–H groups in total. The summed E-state index contributed by atoms with van der Waals surface area (Å²) in [7, 11) is 1.60. The summed E-state index contributed by atoms with van der Waals surface area (Å²) in [5.74, 6) is 1.03. The molecule has 1 aromatic carbocycles. The second-order valence-electron chi connectivity index (χ2n) is 4.33. The maximum Gasteiger partial charge on any atom is 0.182 e. The minimum atomic E-state index is 0.374. The second kappa shape index (κ2) is 5.16. The van der Waals surface area contributed by atoms with E-state index in [1.54, 1.807) is 7.11 Å². The first-order valence-corrected chi connectivity index (χ1v) is 6.47. The minimum absolute atomic E-state index is 0.374. The van der Waals surface area contributed by atoms with Crippen molar-refractivity contribution in [3.8, 4) is 11.4 Å². The maximum absolute atomic E-state index is 6.15. The highest BCUT2D eigenvalue weighted by atomic mass is 35.5. The van der Waals surface area contributed by atoms with Crippen LogP contribution in [0.5, 0.6) is 5.75 Å². The van der Waals surface area contributed by atoms with Crippen LogP contribution in [-0.4, -0.2) is 16.7 Å². The molecule has 18 heavy (non-hydrogen) atoms. The molecule has 5 heteroatoms. The molecule has 0 aliphatic rings. The number of hydrogen-bond donors (Lipinski definition) is 1. The summed E-state index contributed by atoms with van der Waals surface area (Å²) in [4.78, 5) is 3.07. The third kappa shape index (κ3) is 2.31. The Bertz CT molecular complexity index is 616. The third-order valence-corrected chi connectivity index (χ3v) is 3.39. The first-order chi connectivity index (χ1) is 8.54. The van der Waals surface area contributed by atoms with Gasteiger partial charge in [0.15, 0.2) is 4.77 Å². The topological polar surface area (TPSA) is 29.9 Å². The van der Waals surface area contributed by atoms with Crippen LogP contribution in [0.3, 0.4) is 0 Å². The second-order valence-corrected chi connectivity index (χ2v) is 5.12. The van der Waals surface area contributed by atoms with Crippen LogP contribution < -0.4 is 4.74 Å². The van der Waals surface area contributed by atoms with Crippen molar-refractivity contribution in [1.29, 1.82) is 0 Å². The van der Waals surface area contributed by atoms with E-state index in [-0.39, 0.29) is 0 Å². The van der Waals surface area contributed by atoms with E-state index in [1.165, 1.54) is 0 Å². The molecule has 1 heterocycles. The van der Waals surface area contributed by atoms with Crippen molar-refractivity contribution in [1.82, 2.24) is 9.55 Å². The smallest absolute Gasteiger partial charge is 0.182 e. The summed E-state index contributed by atoms with van der Waals surface area (Å²) >= 11 is 11.5. The Morgan fingerprint density at radius 3 is 2.67 bits per heavy atom. The highest BCUT2D eigenvalue weighted by molar-refractivity contribution is 7.71. The zero-order chi connectivity index (χ0) is 13.3. The quantitative estimate of drug-likeness (QED) is 0.850. The maximum atomic E-state index is 6.15. The molecule has 0 amide bonds. The fourth-order valence-corrected chi connectivity index (χ4v) is 2.39. The molecule has 0 saturated heterocycles. The lowest BCUT2D eigenvalue weighted by Gasteiger charge is -2.12. The van der Waals surface area contributed by atoms with Crippen molar-refractivity contribution >= 4 is 23.8 Å². The number of benzene rings is 1. The Hall–Kier alpha value is -1.26. The number of methoxy groups -OCH3 is 1. The van der Waals surface area contributed by atoms with E-state index in [9.17, 15) is 0 Å². The number of H-pyrrole nitrogens is 1. The Morgan fingerprint density at radius 2 is 2.11 bits per heavy atom. The highest BCUT2D eigenvalue weighted by Crippen LogP contribution is 2.28. The van der Waals surface area contributed by atoms with Crippen molar-refractivity contribution in [2.75, 3.05) is 7.11 Å². The normalized spacial score (nSPS) is 10.9. The number of aromatic amines is 1. The lowest BCUT2D eigenvalue weighted by molar-refractivity contribution is 0.415. The largest absolute Gasteiger partial charge is 0.495 e. The molecule has 2 rings (SSSR count). The number of imidazole rings is 1. The van der Waals surface area contributed by atoms with Crippen LogP contribution in [0.1, 0.15) is 25.5 Å². The predicted molar refractivity (Wildman–Crippen MR) is 76.6 cm³/mol. The van der Waals surface area contributed by atoms with Crippen LogP contribution in [0.2, 0.25) is 5.02 Å². The number of ether oxygens (including phenoxy) is 1. The van der Waals surface area contributed by atoms with Gasteiger partial charge in [-0.05, 0) is 36.3 Å². The number of halogens is 1. The lowest BCUT2D eigenvalue weighted by atomic mass is 10.1. The van der Waals surface area contributed by atoms with Gasteiger partial charge in [0.05, 0.1) is 12.1 Å². The molecule has 3 nitrogen and oxygen atoms in total. The molecule has 0 saturated carbocycles. The highest BCUT2D eigenvalue weighted by Gasteiger charge is 2.11. The molecule has 0 bridgehead atoms. The van der Waals surface area contributed by atoms with E-state index in [0.29, 0.717) is 21.5 Å². The average molecular weight is 283 g/mol. The molecule has 0 unspecified atom stereocenters. The van der Waals surface area contributed by atoms with E-state index in [4.69, 9.17) is 28.6 Å². The van der Waals surface area contributed by atoms with Crippen LogP contribution in [0.4, 0.5) is 0 Å². The summed E-state index contributed by atoms with van der Waals surface area (Å²) in [5, 5.41) is 0.577. The van der Waals surface area contributed by atoms with Gasteiger partial charge in [0.2, 0.25) is 0 Å². The van der Waals surface area contributed by atoms with Crippen LogP contribution in [0, 0.1) is 4.77 Å². The van der Waals surface area contributed by atoms with Crippen LogP contribution in [-0.2, 0) is 0 Å². The van der Waals surface area contributed by atoms with E-state index >= 15 is 0 Å². The Morgan fingerprint density at radius 1 is 1.39 bits per heavy atom. The minimum Gasteiger partial charge on any atom is -0.495 e. The van der Waals surface area contributed by atoms with Gasteiger partial charge in [0.1, 0.15) is 5.75 Å². The number of hydrogen-bond acceptors (Lipinski definition) is 2. The van der Waals surface area contributed by atoms with E-state index < -0.39 is 0 Å². The molecule has 0 fully saturated rings. The first-order valence-electron chi connectivity index (χ1n) is 5.69. The van der Waals surface area contributed by atoms with Gasteiger partial charge in [-0.1, -0.05) is 25.4 Å². The Labute approximate surface area is 116 Å². The molecule has 96 valence electrons. The Balaban J connectivity index is 2.59. The Kier molecular flexibility index (Phi) is 3.78. The monoisotopic (exact) mass is 282 g/mol. The first kappa shape index (κ1) is 13.2. The van der Waals surface area contributed by atoms with E-state index in [2.05, 4.69) is 18.8 Å². The van der Waals surface area contributed by atoms with E-state index in [1.807, 2.05) is 29.0 Å². The number of nitrogens with zero attached hydrogens (tertiary/aromatic N) is 1. The average Bonchev–Trinajstić information content (AvgIpc) is 2.71. The summed E-state index contributed by atoms with van der Waals surface area (Å²) in [6, 6.07) is 5.65. The number of nitrogens with one attached hydrogen (secondary N) is 1. The molecule has 0 aliphatic carbocycles. The lowest BCUT2D eigenvalue weighted by Crippen LogP contribution is -2.02. The zero-order valence-corrected chi connectivity index (χ0v) is 12.1. The molecule has 2 aromatic rings. The van der Waals surface area contributed by atoms with Crippen molar-refractivity contribution in [3.63, 3.8) is 0 Å². The molecule has 0 aliphatic heterocycles. The molecule has 0 radical (unpaired) electrons. The van der Waals surface area contributed by atoms with Crippen molar-refractivity contribution in [3.05, 3.63) is 39.9 Å². The summed E-state index contributed by atoms with van der Waals surface area (Å²) in [5.41, 5.74) is 2.07. The van der Waals surface area contributed by atoms with Gasteiger partial charge in [-0.15, -0.1) is 0 Å². The van der Waals surface area contributed by atoms with Crippen LogP contribution in [0.15, 0.2) is 24.4 Å². The molecule has 1 aromatic heterocycles. The summed E-state index contributed by atoms with van der Waals surface area (Å²) in [6.45, 7) is 4.25. The standard InChI is InChI=1S/C13H15ClN2OS/c1-8(2)11-7-15-13(18)16(11)9-4-5-12(17-3)10(14)6-9/h4-8H,1-3H3,(H,15,18). The van der Waals surface area contributed by atoms with Gasteiger partial charge >= 0.3 is 0 Å². The van der Waals surface area contributed by atoms with Gasteiger partial charge < -0.3 is 9.72 Å². The molecule has 0 spiro atoms. The van der Waals surface area contributed by atoms with Gasteiger partial charge in [0, 0.05) is 17.6 Å². The summed E-state index contributed by atoms with van der Waals surface area (Å²) < 4.78 is 7.81. The fraction of sp³-hybridized carbons (Fsp3) is 0.308. The molecular weight excluding hydrogens is 268 g/mol. The van der Waals surface area contributed by atoms with Crippen LogP contribution >= 0.6 is 23.8 Å². The van der Waals surface area contributed by atoms with Crippen molar-refractivity contribution in [2.24, 2.45) is 0 Å².